The number of unbranched alkanes of at least 4 members (excludes halogenated alkanes) is 1. The van der Waals surface area contributed by atoms with Gasteiger partial charge in [0.1, 0.15) is 0 Å². The van der Waals surface area contributed by atoms with Gasteiger partial charge in [0.15, 0.2) is 0 Å². The van der Waals surface area contributed by atoms with Crippen LogP contribution >= 0.6 is 0 Å². The van der Waals surface area contributed by atoms with Crippen LogP contribution in [0.5, 0.6) is 0 Å². The molecule has 0 aromatic rings. The average Bonchev–Trinajstić information content (AvgIpc) is 2.82. The minimum absolute atomic E-state index is 0.238. The van der Waals surface area contributed by atoms with Gasteiger partial charge in [0.05, 0.1) is 5.60 Å². The van der Waals surface area contributed by atoms with Crippen LogP contribution in [0.25, 0.3) is 0 Å². The second-order valence-corrected chi connectivity index (χ2v) is 6.06. The van der Waals surface area contributed by atoms with Crippen molar-refractivity contribution in [2.75, 3.05) is 26.2 Å². The van der Waals surface area contributed by atoms with E-state index in [9.17, 15) is 0 Å². The molecule has 1 saturated heterocycles. The van der Waals surface area contributed by atoms with Gasteiger partial charge in [-0.3, -0.25) is 4.90 Å². The van der Waals surface area contributed by atoms with Crippen LogP contribution < -0.4 is 5.73 Å². The highest BCUT2D eigenvalue weighted by atomic mass is 16.5. The molecule has 2 rings (SSSR count). The molecule has 1 unspecified atom stereocenters. The van der Waals surface area contributed by atoms with E-state index in [1.807, 2.05) is 0 Å². The van der Waals surface area contributed by atoms with Gasteiger partial charge in [-0.25, -0.2) is 0 Å². The van der Waals surface area contributed by atoms with Crippen molar-refractivity contribution in [2.24, 2.45) is 5.73 Å². The molecule has 0 aromatic heterocycles. The molecule has 0 radical (unpaired) electrons. The predicted octanol–water partition coefficient (Wildman–Crippen LogP) is 2.54. The van der Waals surface area contributed by atoms with Crippen LogP contribution in [0.2, 0.25) is 0 Å². The fourth-order valence-electron chi connectivity index (χ4n) is 3.69. The van der Waals surface area contributed by atoms with E-state index in [-0.39, 0.29) is 5.60 Å². The summed E-state index contributed by atoms with van der Waals surface area (Å²) in [7, 11) is 0. The SMILES string of the molecule is CCCCN(CCN)C1CCOC2(CCCC2)C1. The van der Waals surface area contributed by atoms with Gasteiger partial charge in [0.25, 0.3) is 0 Å². The maximum atomic E-state index is 6.13. The van der Waals surface area contributed by atoms with E-state index in [1.165, 1.54) is 57.9 Å². The molecule has 0 amide bonds. The van der Waals surface area contributed by atoms with Crippen LogP contribution in [0.15, 0.2) is 0 Å². The summed E-state index contributed by atoms with van der Waals surface area (Å²) < 4.78 is 6.13. The van der Waals surface area contributed by atoms with Crippen LogP contribution in [0.3, 0.4) is 0 Å². The van der Waals surface area contributed by atoms with Crippen molar-refractivity contribution in [3.63, 3.8) is 0 Å². The molecule has 1 atom stereocenters. The standard InChI is InChI=1S/C15H30N2O/c1-2-3-10-17(11-9-16)14-6-12-18-15(13-14)7-4-5-8-15/h14H,2-13,16H2,1H3. The van der Waals surface area contributed by atoms with E-state index in [2.05, 4.69) is 11.8 Å². The van der Waals surface area contributed by atoms with Gasteiger partial charge in [-0.15, -0.1) is 0 Å². The minimum atomic E-state index is 0.238. The molecular weight excluding hydrogens is 224 g/mol. The number of nitrogens with two attached hydrogens (primary N) is 1. The molecule has 2 N–H and O–H groups in total. The van der Waals surface area contributed by atoms with E-state index < -0.39 is 0 Å². The van der Waals surface area contributed by atoms with E-state index in [4.69, 9.17) is 10.5 Å². The molecule has 2 fully saturated rings. The van der Waals surface area contributed by atoms with Crippen LogP contribution in [-0.4, -0.2) is 42.8 Å². The first-order valence-corrected chi connectivity index (χ1v) is 7.88. The van der Waals surface area contributed by atoms with Crippen LogP contribution in [-0.2, 0) is 4.74 Å². The fourth-order valence-corrected chi connectivity index (χ4v) is 3.69. The van der Waals surface area contributed by atoms with Crippen molar-refractivity contribution in [1.29, 1.82) is 0 Å². The normalized spacial score (nSPS) is 27.2. The van der Waals surface area contributed by atoms with Crippen LogP contribution in [0.4, 0.5) is 0 Å². The number of nitrogens with zero attached hydrogens (tertiary/aromatic N) is 1. The molecule has 0 bridgehead atoms. The quantitative estimate of drug-likeness (QED) is 0.791. The Morgan fingerprint density at radius 3 is 2.72 bits per heavy atom. The molecule has 0 aromatic carbocycles. The van der Waals surface area contributed by atoms with Gasteiger partial charge in [0, 0.05) is 25.7 Å². The van der Waals surface area contributed by atoms with E-state index in [1.54, 1.807) is 0 Å². The van der Waals surface area contributed by atoms with E-state index >= 15 is 0 Å². The van der Waals surface area contributed by atoms with Gasteiger partial charge in [-0.1, -0.05) is 26.2 Å². The first-order chi connectivity index (χ1) is 8.79. The largest absolute Gasteiger partial charge is 0.375 e. The monoisotopic (exact) mass is 254 g/mol. The number of hydrogen-bond donors (Lipinski definition) is 1. The zero-order valence-corrected chi connectivity index (χ0v) is 12.0. The predicted molar refractivity (Wildman–Crippen MR) is 75.7 cm³/mol. The average molecular weight is 254 g/mol. The van der Waals surface area contributed by atoms with Crippen molar-refractivity contribution in [3.05, 3.63) is 0 Å². The molecule has 1 aliphatic heterocycles. The Bertz CT molecular complexity index is 239. The molecule has 106 valence electrons. The van der Waals surface area contributed by atoms with Gasteiger partial charge in [0.2, 0.25) is 0 Å². The number of rotatable bonds is 6. The Balaban J connectivity index is 1.91. The van der Waals surface area contributed by atoms with Crippen molar-refractivity contribution in [3.8, 4) is 0 Å². The van der Waals surface area contributed by atoms with Crippen molar-refractivity contribution < 1.29 is 4.74 Å². The van der Waals surface area contributed by atoms with E-state index in [0.29, 0.717) is 6.04 Å². The zero-order valence-electron chi connectivity index (χ0n) is 12.0. The number of hydrogen-bond acceptors (Lipinski definition) is 3. The maximum Gasteiger partial charge on any atom is 0.0697 e. The third-order valence-corrected chi connectivity index (χ3v) is 4.71. The Labute approximate surface area is 112 Å². The Kier molecular flexibility index (Phi) is 5.46. The van der Waals surface area contributed by atoms with Crippen LogP contribution in [0, 0.1) is 0 Å². The summed E-state index contributed by atoms with van der Waals surface area (Å²) in [6.07, 6.45) is 10.3. The van der Waals surface area contributed by atoms with Gasteiger partial charge < -0.3 is 10.5 Å². The summed E-state index contributed by atoms with van der Waals surface area (Å²) in [4.78, 5) is 2.63. The Morgan fingerprint density at radius 2 is 2.06 bits per heavy atom. The molecule has 18 heavy (non-hydrogen) atoms. The highest BCUT2D eigenvalue weighted by Crippen LogP contribution is 2.41. The summed E-state index contributed by atoms with van der Waals surface area (Å²) in [6.45, 7) is 6.28. The molecule has 1 heterocycles. The zero-order chi connectivity index (χ0) is 12.8. The summed E-state index contributed by atoms with van der Waals surface area (Å²) in [5, 5.41) is 0. The lowest BCUT2D eigenvalue weighted by molar-refractivity contribution is -0.101. The minimum Gasteiger partial charge on any atom is -0.375 e. The van der Waals surface area contributed by atoms with Gasteiger partial charge in [-0.05, 0) is 38.6 Å². The van der Waals surface area contributed by atoms with Crippen molar-refractivity contribution in [1.82, 2.24) is 4.90 Å². The molecule has 3 heteroatoms. The number of ether oxygens (including phenoxy) is 1. The maximum absolute atomic E-state index is 6.13. The summed E-state index contributed by atoms with van der Waals surface area (Å²) in [6, 6.07) is 0.715. The first-order valence-electron chi connectivity index (χ1n) is 7.88. The summed E-state index contributed by atoms with van der Waals surface area (Å²) in [5.74, 6) is 0. The summed E-state index contributed by atoms with van der Waals surface area (Å²) >= 11 is 0. The fraction of sp³-hybridized carbons (Fsp3) is 1.00. The lowest BCUT2D eigenvalue weighted by Gasteiger charge is -2.43. The lowest BCUT2D eigenvalue weighted by Crippen LogP contribution is -2.49. The second-order valence-electron chi connectivity index (χ2n) is 6.06. The molecule has 1 aliphatic carbocycles. The van der Waals surface area contributed by atoms with Crippen molar-refractivity contribution >= 4 is 0 Å². The topological polar surface area (TPSA) is 38.5 Å². The summed E-state index contributed by atoms with van der Waals surface area (Å²) in [5.41, 5.74) is 6.02. The molecule has 1 saturated carbocycles. The lowest BCUT2D eigenvalue weighted by atomic mass is 9.88. The van der Waals surface area contributed by atoms with Crippen LogP contribution in [0.1, 0.15) is 58.3 Å². The van der Waals surface area contributed by atoms with Gasteiger partial charge in [-0.2, -0.15) is 0 Å². The van der Waals surface area contributed by atoms with E-state index in [0.717, 1.165) is 19.7 Å². The smallest absolute Gasteiger partial charge is 0.0697 e. The second kappa shape index (κ2) is 6.88. The molecule has 3 nitrogen and oxygen atoms in total. The highest BCUT2D eigenvalue weighted by molar-refractivity contribution is 4.94. The Hall–Kier alpha value is -0.120. The third-order valence-electron chi connectivity index (χ3n) is 4.71. The first kappa shape index (κ1) is 14.3. The molecule has 2 aliphatic rings. The Morgan fingerprint density at radius 1 is 1.28 bits per heavy atom. The highest BCUT2D eigenvalue weighted by Gasteiger charge is 2.41. The molecule has 1 spiro atoms. The van der Waals surface area contributed by atoms with Gasteiger partial charge >= 0.3 is 0 Å². The molecular formula is C15H30N2O. The van der Waals surface area contributed by atoms with Crippen molar-refractivity contribution in [2.45, 2.75) is 69.9 Å². The third kappa shape index (κ3) is 3.46.